The van der Waals surface area contributed by atoms with Gasteiger partial charge in [0.2, 0.25) is 0 Å². The SMILES string of the molecule is CCCC1CCn2c1c(C(=O)c1ccc(OC)cc1)c1cccc(C)c12. The lowest BCUT2D eigenvalue weighted by molar-refractivity contribution is 0.103. The lowest BCUT2D eigenvalue weighted by Crippen LogP contribution is -2.07. The number of fused-ring (bicyclic) bond motifs is 3. The van der Waals surface area contributed by atoms with E-state index in [1.807, 2.05) is 24.3 Å². The minimum atomic E-state index is 0.125. The topological polar surface area (TPSA) is 31.2 Å². The van der Waals surface area contributed by atoms with Crippen molar-refractivity contribution in [1.82, 2.24) is 4.57 Å². The van der Waals surface area contributed by atoms with E-state index in [4.69, 9.17) is 4.74 Å². The molecule has 3 aromatic rings. The molecule has 0 radical (unpaired) electrons. The number of carbonyl (C=O) groups is 1. The van der Waals surface area contributed by atoms with Crippen LogP contribution in [0.2, 0.25) is 0 Å². The van der Waals surface area contributed by atoms with Crippen LogP contribution in [0.5, 0.6) is 5.75 Å². The Kier molecular flexibility index (Phi) is 4.31. The van der Waals surface area contributed by atoms with E-state index in [0.29, 0.717) is 5.92 Å². The Morgan fingerprint density at radius 2 is 1.96 bits per heavy atom. The van der Waals surface area contributed by atoms with Crippen molar-refractivity contribution in [3.8, 4) is 5.75 Å². The Morgan fingerprint density at radius 3 is 2.65 bits per heavy atom. The van der Waals surface area contributed by atoms with Gasteiger partial charge >= 0.3 is 0 Å². The van der Waals surface area contributed by atoms with Gasteiger partial charge in [-0.25, -0.2) is 0 Å². The third-order valence-electron chi connectivity index (χ3n) is 5.63. The van der Waals surface area contributed by atoms with Crippen LogP contribution in [0.15, 0.2) is 42.5 Å². The maximum Gasteiger partial charge on any atom is 0.195 e. The smallest absolute Gasteiger partial charge is 0.195 e. The van der Waals surface area contributed by atoms with Crippen molar-refractivity contribution in [2.75, 3.05) is 7.11 Å². The first kappa shape index (κ1) is 16.9. The molecule has 0 amide bonds. The molecule has 1 atom stereocenters. The maximum atomic E-state index is 13.5. The second-order valence-electron chi connectivity index (χ2n) is 7.21. The van der Waals surface area contributed by atoms with Crippen LogP contribution in [0.3, 0.4) is 0 Å². The molecule has 2 aromatic carbocycles. The van der Waals surface area contributed by atoms with Crippen LogP contribution in [-0.2, 0) is 6.54 Å². The highest BCUT2D eigenvalue weighted by atomic mass is 16.5. The van der Waals surface area contributed by atoms with Crippen LogP contribution in [0.25, 0.3) is 10.9 Å². The summed E-state index contributed by atoms with van der Waals surface area (Å²) in [6, 6.07) is 13.8. The second-order valence-corrected chi connectivity index (χ2v) is 7.21. The van der Waals surface area contributed by atoms with Crippen LogP contribution < -0.4 is 4.74 Å². The van der Waals surface area contributed by atoms with Crippen molar-refractivity contribution < 1.29 is 9.53 Å². The number of aromatic nitrogens is 1. The van der Waals surface area contributed by atoms with E-state index in [2.05, 4.69) is 36.6 Å². The number of ketones is 1. The predicted molar refractivity (Wildman–Crippen MR) is 105 cm³/mol. The molecule has 0 saturated heterocycles. The molecule has 134 valence electrons. The second kappa shape index (κ2) is 6.64. The third kappa shape index (κ3) is 2.54. The minimum Gasteiger partial charge on any atom is -0.497 e. The van der Waals surface area contributed by atoms with E-state index in [1.54, 1.807) is 7.11 Å². The number of hydrogen-bond donors (Lipinski definition) is 0. The van der Waals surface area contributed by atoms with Crippen LogP contribution in [0, 0.1) is 6.92 Å². The number of nitrogens with zero attached hydrogens (tertiary/aromatic N) is 1. The van der Waals surface area contributed by atoms with Crippen molar-refractivity contribution >= 4 is 16.7 Å². The van der Waals surface area contributed by atoms with Crippen LogP contribution in [0.4, 0.5) is 0 Å². The van der Waals surface area contributed by atoms with E-state index >= 15 is 0 Å². The van der Waals surface area contributed by atoms with E-state index < -0.39 is 0 Å². The zero-order valence-electron chi connectivity index (χ0n) is 15.7. The lowest BCUT2D eigenvalue weighted by Gasteiger charge is -2.11. The number of aryl methyl sites for hydroxylation is 2. The zero-order valence-corrected chi connectivity index (χ0v) is 15.7. The van der Waals surface area contributed by atoms with Crippen molar-refractivity contribution in [1.29, 1.82) is 0 Å². The van der Waals surface area contributed by atoms with E-state index in [-0.39, 0.29) is 5.78 Å². The summed E-state index contributed by atoms with van der Waals surface area (Å²) in [6.07, 6.45) is 3.41. The number of carbonyl (C=O) groups excluding carboxylic acids is 1. The molecule has 3 nitrogen and oxygen atoms in total. The lowest BCUT2D eigenvalue weighted by atomic mass is 9.91. The molecule has 0 aliphatic carbocycles. The molecule has 1 aliphatic heterocycles. The van der Waals surface area contributed by atoms with E-state index in [9.17, 15) is 4.79 Å². The number of benzene rings is 2. The average Bonchev–Trinajstić information content (AvgIpc) is 3.20. The molecule has 0 fully saturated rings. The molecular formula is C23H25NO2. The number of para-hydroxylation sites is 1. The van der Waals surface area contributed by atoms with E-state index in [1.165, 1.54) is 16.8 Å². The number of hydrogen-bond acceptors (Lipinski definition) is 2. The number of ether oxygens (including phenoxy) is 1. The summed E-state index contributed by atoms with van der Waals surface area (Å²) in [5, 5.41) is 1.10. The first-order valence-corrected chi connectivity index (χ1v) is 9.46. The van der Waals surface area contributed by atoms with Crippen molar-refractivity contribution in [2.45, 2.75) is 45.6 Å². The summed E-state index contributed by atoms with van der Waals surface area (Å²) in [5.41, 5.74) is 5.36. The molecule has 1 aromatic heterocycles. The minimum absolute atomic E-state index is 0.125. The maximum absolute atomic E-state index is 13.5. The van der Waals surface area contributed by atoms with Crippen LogP contribution in [-0.4, -0.2) is 17.5 Å². The Morgan fingerprint density at radius 1 is 1.19 bits per heavy atom. The molecule has 4 rings (SSSR count). The Labute approximate surface area is 154 Å². The van der Waals surface area contributed by atoms with Gasteiger partial charge in [0, 0.05) is 29.1 Å². The highest BCUT2D eigenvalue weighted by molar-refractivity contribution is 6.18. The average molecular weight is 347 g/mol. The van der Waals surface area contributed by atoms with Gasteiger partial charge < -0.3 is 9.30 Å². The fourth-order valence-corrected chi connectivity index (χ4v) is 4.45. The van der Waals surface area contributed by atoms with Crippen LogP contribution >= 0.6 is 0 Å². The normalized spacial score (nSPS) is 16.0. The summed E-state index contributed by atoms with van der Waals surface area (Å²) in [4.78, 5) is 13.5. The molecule has 1 unspecified atom stereocenters. The van der Waals surface area contributed by atoms with Crippen LogP contribution in [0.1, 0.15) is 59.3 Å². The first-order chi connectivity index (χ1) is 12.7. The van der Waals surface area contributed by atoms with Crippen molar-refractivity contribution in [3.05, 3.63) is 64.8 Å². The molecule has 2 heterocycles. The molecule has 3 heteroatoms. The first-order valence-electron chi connectivity index (χ1n) is 9.46. The van der Waals surface area contributed by atoms with Gasteiger partial charge in [-0.05, 0) is 49.6 Å². The van der Waals surface area contributed by atoms with Gasteiger partial charge in [0.25, 0.3) is 0 Å². The van der Waals surface area contributed by atoms with Gasteiger partial charge in [0.1, 0.15) is 5.75 Å². The van der Waals surface area contributed by atoms with Gasteiger partial charge in [0.15, 0.2) is 5.78 Å². The van der Waals surface area contributed by atoms with Gasteiger partial charge in [-0.15, -0.1) is 0 Å². The summed E-state index contributed by atoms with van der Waals surface area (Å²) >= 11 is 0. The number of methoxy groups -OCH3 is 1. The Balaban J connectivity index is 1.92. The largest absolute Gasteiger partial charge is 0.497 e. The molecule has 1 aliphatic rings. The Bertz CT molecular complexity index is 966. The Hall–Kier alpha value is -2.55. The fourth-order valence-electron chi connectivity index (χ4n) is 4.45. The third-order valence-corrected chi connectivity index (χ3v) is 5.63. The fraction of sp³-hybridized carbons (Fsp3) is 0.348. The van der Waals surface area contributed by atoms with Crippen molar-refractivity contribution in [3.63, 3.8) is 0 Å². The van der Waals surface area contributed by atoms with Gasteiger partial charge in [0.05, 0.1) is 18.2 Å². The number of rotatable bonds is 5. The highest BCUT2D eigenvalue weighted by Gasteiger charge is 2.32. The molecule has 0 bridgehead atoms. The van der Waals surface area contributed by atoms with Gasteiger partial charge in [-0.2, -0.15) is 0 Å². The summed E-state index contributed by atoms with van der Waals surface area (Å²) in [7, 11) is 1.64. The summed E-state index contributed by atoms with van der Waals surface area (Å²) in [6.45, 7) is 5.38. The van der Waals surface area contributed by atoms with Gasteiger partial charge in [-0.3, -0.25) is 4.79 Å². The predicted octanol–water partition coefficient (Wildman–Crippen LogP) is 5.48. The van der Waals surface area contributed by atoms with Gasteiger partial charge in [-0.1, -0.05) is 31.5 Å². The molecule has 0 saturated carbocycles. The molecular weight excluding hydrogens is 322 g/mol. The molecule has 0 N–H and O–H groups in total. The van der Waals surface area contributed by atoms with E-state index in [0.717, 1.165) is 48.1 Å². The zero-order chi connectivity index (χ0) is 18.3. The molecule has 0 spiro atoms. The standard InChI is InChI=1S/C23H25NO2/c1-4-6-16-13-14-24-21-15(2)7-5-8-19(21)20(22(16)24)23(25)17-9-11-18(26-3)12-10-17/h5,7-12,16H,4,6,13-14H2,1-3H3. The summed E-state index contributed by atoms with van der Waals surface area (Å²) in [5.74, 6) is 1.37. The summed E-state index contributed by atoms with van der Waals surface area (Å²) < 4.78 is 7.64. The quantitative estimate of drug-likeness (QED) is 0.573. The molecule has 26 heavy (non-hydrogen) atoms. The highest BCUT2D eigenvalue weighted by Crippen LogP contribution is 2.42. The van der Waals surface area contributed by atoms with Crippen molar-refractivity contribution in [2.24, 2.45) is 0 Å². The monoisotopic (exact) mass is 347 g/mol.